The third-order valence-corrected chi connectivity index (χ3v) is 6.08. The van der Waals surface area contributed by atoms with Gasteiger partial charge in [0.15, 0.2) is 0 Å². The zero-order valence-corrected chi connectivity index (χ0v) is 23.0. The fourth-order valence-electron chi connectivity index (χ4n) is 2.59. The molecule has 196 valence electrons. The summed E-state index contributed by atoms with van der Waals surface area (Å²) in [5.74, 6) is 6.41. The number of carbonyl (C=O) groups is 2. The van der Waals surface area contributed by atoms with E-state index in [1.54, 1.807) is 29.0 Å². The Kier molecular flexibility index (Phi) is 17.2. The van der Waals surface area contributed by atoms with E-state index in [1.807, 2.05) is 26.2 Å². The van der Waals surface area contributed by atoms with Gasteiger partial charge in [0.25, 0.3) is 5.91 Å². The maximum absolute atomic E-state index is 12.4. The largest absolute Gasteiger partial charge is 0.490 e. The molecule has 0 heterocycles. The second-order valence-electron chi connectivity index (χ2n) is 8.07. The summed E-state index contributed by atoms with van der Waals surface area (Å²) in [4.78, 5) is 24.1. The normalized spacial score (nSPS) is 11.6. The average molecular weight is 526 g/mol. The summed E-state index contributed by atoms with van der Waals surface area (Å²) >= 11 is 0. The molecule has 2 amide bonds. The predicted molar refractivity (Wildman–Crippen MR) is 145 cm³/mol. The van der Waals surface area contributed by atoms with E-state index in [9.17, 15) is 9.59 Å². The molecule has 0 spiro atoms. The molecule has 0 aromatic heterocycles. The van der Waals surface area contributed by atoms with E-state index in [1.165, 1.54) is 10.8 Å². The molecule has 35 heavy (non-hydrogen) atoms. The molecule has 1 atom stereocenters. The Morgan fingerprint density at radius 3 is 2.60 bits per heavy atom. The summed E-state index contributed by atoms with van der Waals surface area (Å²) in [5.41, 5.74) is 0.317. The van der Waals surface area contributed by atoms with Crippen LogP contribution in [0.3, 0.4) is 0 Å². The molecule has 0 radical (unpaired) electrons. The Morgan fingerprint density at radius 1 is 1.09 bits per heavy atom. The molecule has 0 aliphatic carbocycles. The van der Waals surface area contributed by atoms with Crippen LogP contribution in [-0.4, -0.2) is 75.6 Å². The number of benzene rings is 1. The molecular weight excluding hydrogens is 486 g/mol. The summed E-state index contributed by atoms with van der Waals surface area (Å²) in [5, 5.41) is 8.85. The second kappa shape index (κ2) is 19.3. The van der Waals surface area contributed by atoms with Gasteiger partial charge in [-0.2, -0.15) is 0 Å². The van der Waals surface area contributed by atoms with Crippen LogP contribution in [0.4, 0.5) is 0 Å². The van der Waals surface area contributed by atoms with Gasteiger partial charge in [-0.15, -0.1) is 0 Å². The van der Waals surface area contributed by atoms with Crippen LogP contribution in [0.5, 0.6) is 5.75 Å². The van der Waals surface area contributed by atoms with E-state index in [0.29, 0.717) is 50.2 Å². The van der Waals surface area contributed by atoms with Crippen molar-refractivity contribution in [1.82, 2.24) is 16.0 Å². The third kappa shape index (κ3) is 16.4. The van der Waals surface area contributed by atoms with Crippen molar-refractivity contribution in [2.45, 2.75) is 39.2 Å². The Balaban J connectivity index is 2.34. The first-order chi connectivity index (χ1) is 16.8. The molecule has 3 N–H and O–H groups in total. The minimum Gasteiger partial charge on any atom is -0.490 e. The van der Waals surface area contributed by atoms with Gasteiger partial charge in [0, 0.05) is 30.6 Å². The lowest BCUT2D eigenvalue weighted by Gasteiger charge is -2.17. The molecule has 1 rings (SSSR count). The zero-order chi connectivity index (χ0) is 25.9. The lowest BCUT2D eigenvalue weighted by molar-refractivity contribution is -0.126. The fourth-order valence-corrected chi connectivity index (χ4v) is 4.06. The SMILES string of the molecule is CSS[C@H](COc1cccc(C(=O)NCCNC(C)C)c1)OCCOCC(=O)NCC#CC(C)C. The molecular formula is C25H39N3O5S2. The summed E-state index contributed by atoms with van der Waals surface area (Å²) in [6.45, 7) is 10.6. The van der Waals surface area contributed by atoms with Gasteiger partial charge in [0.1, 0.15) is 24.4 Å². The van der Waals surface area contributed by atoms with E-state index >= 15 is 0 Å². The number of ether oxygens (including phenoxy) is 3. The van der Waals surface area contributed by atoms with Crippen molar-refractivity contribution in [2.24, 2.45) is 5.92 Å². The van der Waals surface area contributed by atoms with Crippen molar-refractivity contribution in [1.29, 1.82) is 0 Å². The molecule has 0 fully saturated rings. The van der Waals surface area contributed by atoms with Crippen molar-refractivity contribution < 1.29 is 23.8 Å². The van der Waals surface area contributed by atoms with Gasteiger partial charge in [-0.1, -0.05) is 67.2 Å². The monoisotopic (exact) mass is 525 g/mol. The van der Waals surface area contributed by atoms with Crippen LogP contribution < -0.4 is 20.7 Å². The number of carbonyl (C=O) groups excluding carboxylic acids is 2. The third-order valence-electron chi connectivity index (χ3n) is 4.18. The minimum absolute atomic E-state index is 0.0358. The van der Waals surface area contributed by atoms with Crippen LogP contribution in [-0.2, 0) is 14.3 Å². The lowest BCUT2D eigenvalue weighted by atomic mass is 10.2. The molecule has 0 saturated carbocycles. The Labute approximate surface area is 217 Å². The standard InChI is InChI=1S/C25H39N3O5S2/c1-19(2)8-7-11-27-23(29)17-31-14-15-32-24(35-34-5)18-33-22-10-6-9-21(16-22)25(30)28-13-12-26-20(3)4/h6,9-10,16,19-20,24,26H,11-15,17-18H2,1-5H3,(H,27,29)(H,28,30)/t24-/m1/s1. The zero-order valence-electron chi connectivity index (χ0n) is 21.3. The molecule has 10 heteroatoms. The quantitative estimate of drug-likeness (QED) is 0.124. The van der Waals surface area contributed by atoms with Gasteiger partial charge in [0.2, 0.25) is 5.91 Å². The van der Waals surface area contributed by atoms with Crippen LogP contribution in [0, 0.1) is 17.8 Å². The van der Waals surface area contributed by atoms with Gasteiger partial charge in [-0.05, 0) is 24.5 Å². The van der Waals surface area contributed by atoms with Crippen molar-refractivity contribution in [2.75, 3.05) is 52.3 Å². The summed E-state index contributed by atoms with van der Waals surface area (Å²) in [6.07, 6.45) is 1.96. The van der Waals surface area contributed by atoms with Gasteiger partial charge >= 0.3 is 0 Å². The van der Waals surface area contributed by atoms with Crippen LogP contribution >= 0.6 is 21.6 Å². The van der Waals surface area contributed by atoms with E-state index < -0.39 is 0 Å². The van der Waals surface area contributed by atoms with Crippen molar-refractivity contribution in [3.05, 3.63) is 29.8 Å². The van der Waals surface area contributed by atoms with Crippen LogP contribution in [0.15, 0.2) is 24.3 Å². The molecule has 0 saturated heterocycles. The second-order valence-corrected chi connectivity index (χ2v) is 10.7. The van der Waals surface area contributed by atoms with Crippen molar-refractivity contribution >= 4 is 33.4 Å². The molecule has 8 nitrogen and oxygen atoms in total. The molecule has 1 aromatic rings. The summed E-state index contributed by atoms with van der Waals surface area (Å²) in [6, 6.07) is 7.46. The number of nitrogens with one attached hydrogen (secondary N) is 3. The highest BCUT2D eigenvalue weighted by Crippen LogP contribution is 2.25. The average Bonchev–Trinajstić information content (AvgIpc) is 2.82. The van der Waals surface area contributed by atoms with Crippen LogP contribution in [0.2, 0.25) is 0 Å². The maximum Gasteiger partial charge on any atom is 0.251 e. The topological polar surface area (TPSA) is 97.9 Å². The molecule has 0 bridgehead atoms. The van der Waals surface area contributed by atoms with Crippen molar-refractivity contribution in [3.63, 3.8) is 0 Å². The first-order valence-corrected chi connectivity index (χ1v) is 14.3. The smallest absolute Gasteiger partial charge is 0.251 e. The minimum atomic E-state index is -0.228. The Bertz CT molecular complexity index is 812. The first kappa shape index (κ1) is 31.1. The van der Waals surface area contributed by atoms with Crippen molar-refractivity contribution in [3.8, 4) is 17.6 Å². The van der Waals surface area contributed by atoms with Gasteiger partial charge in [-0.25, -0.2) is 0 Å². The maximum atomic E-state index is 12.4. The highest BCUT2D eigenvalue weighted by Gasteiger charge is 2.12. The number of amides is 2. The number of hydrogen-bond acceptors (Lipinski definition) is 8. The fraction of sp³-hybridized carbons (Fsp3) is 0.600. The predicted octanol–water partition coefficient (Wildman–Crippen LogP) is 2.94. The summed E-state index contributed by atoms with van der Waals surface area (Å²) < 4.78 is 17.1. The Hall–Kier alpha value is -1.90. The van der Waals surface area contributed by atoms with E-state index in [4.69, 9.17) is 14.2 Å². The lowest BCUT2D eigenvalue weighted by Crippen LogP contribution is -2.34. The van der Waals surface area contributed by atoms with Gasteiger partial charge in [0.05, 0.1) is 19.8 Å². The number of rotatable bonds is 17. The van der Waals surface area contributed by atoms with Gasteiger partial charge < -0.3 is 30.2 Å². The number of hydrogen-bond donors (Lipinski definition) is 3. The van der Waals surface area contributed by atoms with Crippen LogP contribution in [0.1, 0.15) is 38.1 Å². The molecule has 0 aliphatic heterocycles. The molecule has 0 unspecified atom stereocenters. The van der Waals surface area contributed by atoms with Gasteiger partial charge in [-0.3, -0.25) is 9.59 Å². The molecule has 0 aliphatic rings. The highest BCUT2D eigenvalue weighted by atomic mass is 33.1. The van der Waals surface area contributed by atoms with E-state index in [2.05, 4.69) is 41.6 Å². The van der Waals surface area contributed by atoms with Crippen LogP contribution in [0.25, 0.3) is 0 Å². The van der Waals surface area contributed by atoms with E-state index in [0.717, 1.165) is 0 Å². The summed E-state index contributed by atoms with van der Waals surface area (Å²) in [7, 11) is 3.11. The van der Waals surface area contributed by atoms with E-state index in [-0.39, 0.29) is 36.4 Å². The Morgan fingerprint density at radius 2 is 1.89 bits per heavy atom. The molecule has 1 aromatic carbocycles. The first-order valence-electron chi connectivity index (χ1n) is 11.7. The highest BCUT2D eigenvalue weighted by molar-refractivity contribution is 8.76.